The molecule has 2 heterocycles. The lowest BCUT2D eigenvalue weighted by Crippen LogP contribution is -2.08. The Morgan fingerprint density at radius 1 is 1.19 bits per heavy atom. The van der Waals surface area contributed by atoms with E-state index in [-0.39, 0.29) is 0 Å². The van der Waals surface area contributed by atoms with E-state index in [0.717, 1.165) is 13.0 Å². The fourth-order valence-corrected chi connectivity index (χ4v) is 1.36. The van der Waals surface area contributed by atoms with Gasteiger partial charge >= 0.3 is 0 Å². The third kappa shape index (κ3) is 2.66. The summed E-state index contributed by atoms with van der Waals surface area (Å²) in [5, 5.41) is 3.16. The maximum absolute atomic E-state index is 5.70. The monoisotopic (exact) mass is 215 g/mol. The zero-order valence-corrected chi connectivity index (χ0v) is 8.80. The van der Waals surface area contributed by atoms with Crippen LogP contribution in [-0.2, 0) is 6.42 Å². The topological polar surface area (TPSA) is 76.7 Å². The van der Waals surface area contributed by atoms with Gasteiger partial charge in [0.15, 0.2) is 5.82 Å². The van der Waals surface area contributed by atoms with Gasteiger partial charge in [0.2, 0.25) is 0 Å². The van der Waals surface area contributed by atoms with Crippen molar-refractivity contribution in [2.75, 3.05) is 17.6 Å². The van der Waals surface area contributed by atoms with Gasteiger partial charge in [-0.05, 0) is 24.1 Å². The first-order valence-electron chi connectivity index (χ1n) is 5.04. The van der Waals surface area contributed by atoms with Crippen LogP contribution in [-0.4, -0.2) is 21.5 Å². The number of rotatable bonds is 4. The van der Waals surface area contributed by atoms with E-state index in [0.29, 0.717) is 11.5 Å². The average molecular weight is 215 g/mol. The Labute approximate surface area is 93.8 Å². The van der Waals surface area contributed by atoms with E-state index in [4.69, 9.17) is 5.73 Å². The van der Waals surface area contributed by atoms with Crippen molar-refractivity contribution in [2.45, 2.75) is 6.42 Å². The van der Waals surface area contributed by atoms with Crippen molar-refractivity contribution in [2.24, 2.45) is 0 Å². The first kappa shape index (κ1) is 10.4. The molecule has 0 spiro atoms. The summed E-state index contributed by atoms with van der Waals surface area (Å²) < 4.78 is 0. The van der Waals surface area contributed by atoms with Crippen LogP contribution in [0.15, 0.2) is 37.1 Å². The van der Waals surface area contributed by atoms with Crippen LogP contribution in [0.3, 0.4) is 0 Å². The van der Waals surface area contributed by atoms with Crippen molar-refractivity contribution < 1.29 is 0 Å². The summed E-state index contributed by atoms with van der Waals surface area (Å²) in [7, 11) is 0. The quantitative estimate of drug-likeness (QED) is 0.798. The summed E-state index contributed by atoms with van der Waals surface area (Å²) in [5.41, 5.74) is 7.50. The number of nitrogens with two attached hydrogens (primary N) is 1. The number of hydrogen-bond donors (Lipinski definition) is 2. The maximum atomic E-state index is 5.70. The van der Waals surface area contributed by atoms with Crippen LogP contribution in [0.4, 0.5) is 11.5 Å². The fraction of sp³-hybridized carbons (Fsp3) is 0.182. The summed E-state index contributed by atoms with van der Waals surface area (Å²) in [6, 6.07) is 3.98. The van der Waals surface area contributed by atoms with Gasteiger partial charge in [0.05, 0.1) is 11.9 Å². The Bertz CT molecular complexity index is 443. The molecule has 0 aliphatic carbocycles. The van der Waals surface area contributed by atoms with Crippen LogP contribution < -0.4 is 11.1 Å². The summed E-state index contributed by atoms with van der Waals surface area (Å²) in [5.74, 6) is 0.684. The zero-order chi connectivity index (χ0) is 11.2. The summed E-state index contributed by atoms with van der Waals surface area (Å²) >= 11 is 0. The SMILES string of the molecule is Nc1cncnc1NCCc1ccncc1. The lowest BCUT2D eigenvalue weighted by molar-refractivity contribution is 0.995. The molecule has 0 saturated carbocycles. The molecule has 0 bridgehead atoms. The highest BCUT2D eigenvalue weighted by Gasteiger charge is 1.98. The predicted octanol–water partition coefficient (Wildman–Crippen LogP) is 1.11. The number of nitrogen functional groups attached to an aromatic ring is 1. The van der Waals surface area contributed by atoms with Gasteiger partial charge in [-0.1, -0.05) is 0 Å². The number of hydrogen-bond acceptors (Lipinski definition) is 5. The van der Waals surface area contributed by atoms with Gasteiger partial charge in [0, 0.05) is 18.9 Å². The van der Waals surface area contributed by atoms with E-state index in [1.807, 2.05) is 12.1 Å². The van der Waals surface area contributed by atoms with Crippen LogP contribution in [0.1, 0.15) is 5.56 Å². The second-order valence-corrected chi connectivity index (χ2v) is 3.36. The highest BCUT2D eigenvalue weighted by atomic mass is 15.0. The first-order valence-corrected chi connectivity index (χ1v) is 5.04. The Kier molecular flexibility index (Phi) is 3.28. The Hall–Kier alpha value is -2.17. The number of aromatic nitrogens is 3. The molecule has 5 nitrogen and oxygen atoms in total. The van der Waals surface area contributed by atoms with Gasteiger partial charge < -0.3 is 11.1 Å². The van der Waals surface area contributed by atoms with Crippen molar-refractivity contribution >= 4 is 11.5 Å². The van der Waals surface area contributed by atoms with E-state index >= 15 is 0 Å². The zero-order valence-electron chi connectivity index (χ0n) is 8.80. The van der Waals surface area contributed by atoms with Gasteiger partial charge in [0.1, 0.15) is 6.33 Å². The highest BCUT2D eigenvalue weighted by Crippen LogP contribution is 2.11. The molecule has 0 atom stereocenters. The molecule has 0 aliphatic heterocycles. The lowest BCUT2D eigenvalue weighted by Gasteiger charge is -2.06. The van der Waals surface area contributed by atoms with Crippen molar-refractivity contribution in [3.05, 3.63) is 42.6 Å². The molecule has 2 rings (SSSR count). The van der Waals surface area contributed by atoms with Gasteiger partial charge in [-0.3, -0.25) is 4.98 Å². The van der Waals surface area contributed by atoms with E-state index in [1.165, 1.54) is 11.9 Å². The van der Waals surface area contributed by atoms with Gasteiger partial charge in [-0.15, -0.1) is 0 Å². The molecule has 3 N–H and O–H groups in total. The van der Waals surface area contributed by atoms with Gasteiger partial charge in [-0.2, -0.15) is 0 Å². The molecule has 2 aromatic rings. The molecular weight excluding hydrogens is 202 g/mol. The fourth-order valence-electron chi connectivity index (χ4n) is 1.36. The van der Waals surface area contributed by atoms with E-state index in [2.05, 4.69) is 20.3 Å². The molecular formula is C11H13N5. The molecule has 0 aliphatic rings. The largest absolute Gasteiger partial charge is 0.394 e. The molecule has 0 aromatic carbocycles. The van der Waals surface area contributed by atoms with Crippen LogP contribution in [0.2, 0.25) is 0 Å². The van der Waals surface area contributed by atoms with Crippen molar-refractivity contribution in [3.8, 4) is 0 Å². The minimum Gasteiger partial charge on any atom is -0.394 e. The third-order valence-corrected chi connectivity index (χ3v) is 2.20. The van der Waals surface area contributed by atoms with Crippen molar-refractivity contribution in [1.29, 1.82) is 0 Å². The van der Waals surface area contributed by atoms with Crippen molar-refractivity contribution in [3.63, 3.8) is 0 Å². The van der Waals surface area contributed by atoms with Gasteiger partial charge in [0.25, 0.3) is 0 Å². The summed E-state index contributed by atoms with van der Waals surface area (Å²) in [4.78, 5) is 11.8. The molecule has 16 heavy (non-hydrogen) atoms. The number of nitrogens with one attached hydrogen (secondary N) is 1. The predicted molar refractivity (Wildman–Crippen MR) is 62.9 cm³/mol. The van der Waals surface area contributed by atoms with E-state index < -0.39 is 0 Å². The number of nitrogens with zero attached hydrogens (tertiary/aromatic N) is 3. The Balaban J connectivity index is 1.87. The molecule has 5 heteroatoms. The Morgan fingerprint density at radius 2 is 2.00 bits per heavy atom. The normalized spacial score (nSPS) is 10.0. The van der Waals surface area contributed by atoms with Crippen LogP contribution in [0.25, 0.3) is 0 Å². The molecule has 0 radical (unpaired) electrons. The lowest BCUT2D eigenvalue weighted by atomic mass is 10.2. The maximum Gasteiger partial charge on any atom is 0.152 e. The molecule has 0 fully saturated rings. The summed E-state index contributed by atoms with van der Waals surface area (Å²) in [6.45, 7) is 0.783. The smallest absolute Gasteiger partial charge is 0.152 e. The number of pyridine rings is 1. The molecule has 0 saturated heterocycles. The number of anilines is 2. The minimum absolute atomic E-state index is 0.567. The van der Waals surface area contributed by atoms with Crippen LogP contribution in [0.5, 0.6) is 0 Å². The Morgan fingerprint density at radius 3 is 2.75 bits per heavy atom. The van der Waals surface area contributed by atoms with Gasteiger partial charge in [-0.25, -0.2) is 9.97 Å². The molecule has 0 unspecified atom stereocenters. The molecule has 2 aromatic heterocycles. The highest BCUT2D eigenvalue weighted by molar-refractivity contribution is 5.58. The standard InChI is InChI=1S/C11H13N5/c12-10-7-14-8-16-11(10)15-6-3-9-1-4-13-5-2-9/h1-2,4-5,7-8H,3,6,12H2,(H,14,15,16). The summed E-state index contributed by atoms with van der Waals surface area (Å²) in [6.07, 6.45) is 7.54. The van der Waals surface area contributed by atoms with Crippen LogP contribution >= 0.6 is 0 Å². The second-order valence-electron chi connectivity index (χ2n) is 3.36. The molecule has 82 valence electrons. The van der Waals surface area contributed by atoms with E-state index in [9.17, 15) is 0 Å². The second kappa shape index (κ2) is 5.06. The van der Waals surface area contributed by atoms with E-state index in [1.54, 1.807) is 18.6 Å². The van der Waals surface area contributed by atoms with Crippen LogP contribution in [0, 0.1) is 0 Å². The average Bonchev–Trinajstić information content (AvgIpc) is 2.33. The molecule has 0 amide bonds. The van der Waals surface area contributed by atoms with Crippen molar-refractivity contribution in [1.82, 2.24) is 15.0 Å². The first-order chi connectivity index (χ1) is 7.86. The minimum atomic E-state index is 0.567. The third-order valence-electron chi connectivity index (χ3n) is 2.20.